The van der Waals surface area contributed by atoms with Crippen LogP contribution in [0.15, 0.2) is 47.1 Å². The molecule has 9 heteroatoms. The van der Waals surface area contributed by atoms with Gasteiger partial charge in [-0.15, -0.1) is 0 Å². The second-order valence-electron chi connectivity index (χ2n) is 6.81. The van der Waals surface area contributed by atoms with E-state index < -0.39 is 36.9 Å². The summed E-state index contributed by atoms with van der Waals surface area (Å²) >= 11 is 0. The Morgan fingerprint density at radius 3 is 2.66 bits per heavy atom. The first-order valence-electron chi connectivity index (χ1n) is 9.27. The lowest BCUT2D eigenvalue weighted by molar-refractivity contribution is -0.336. The quantitative estimate of drug-likeness (QED) is 0.768. The first kappa shape index (κ1) is 19.7. The number of rotatable bonds is 5. The Morgan fingerprint density at radius 2 is 1.97 bits per heavy atom. The number of benzene rings is 1. The largest absolute Gasteiger partial charge is 0.493 e. The van der Waals surface area contributed by atoms with Crippen molar-refractivity contribution in [2.75, 3.05) is 13.7 Å². The summed E-state index contributed by atoms with van der Waals surface area (Å²) in [6.07, 6.45) is -2.67. The van der Waals surface area contributed by atoms with Gasteiger partial charge in [-0.05, 0) is 24.3 Å². The molecule has 0 unspecified atom stereocenters. The van der Waals surface area contributed by atoms with Gasteiger partial charge in [-0.1, -0.05) is 12.1 Å². The summed E-state index contributed by atoms with van der Waals surface area (Å²) in [6.45, 7) is 1.52. The van der Waals surface area contributed by atoms with E-state index >= 15 is 0 Å². The fourth-order valence-electron chi connectivity index (χ4n) is 3.49. The van der Waals surface area contributed by atoms with Gasteiger partial charge in [0, 0.05) is 6.92 Å². The Balaban J connectivity index is 1.55. The number of ether oxygens (including phenoxy) is 5. The van der Waals surface area contributed by atoms with Crippen molar-refractivity contribution in [1.82, 2.24) is 5.32 Å². The molecule has 0 bridgehead atoms. The Kier molecular flexibility index (Phi) is 5.72. The topological polar surface area (TPSA) is 109 Å². The van der Waals surface area contributed by atoms with Crippen molar-refractivity contribution in [1.29, 1.82) is 0 Å². The SMILES string of the molecule is COc1ccccc1O[C@@H]1O[C@@H]2CO[C@H](c3ccco3)O[C@@H]2[C@H](O)[C@@H]1NC(C)=O. The number of aliphatic hydroxyl groups is 1. The molecule has 1 amide bonds. The summed E-state index contributed by atoms with van der Waals surface area (Å²) < 4.78 is 34.2. The van der Waals surface area contributed by atoms with Crippen LogP contribution in [0.25, 0.3) is 0 Å². The predicted octanol–water partition coefficient (Wildman–Crippen LogP) is 1.37. The number of para-hydroxylation sites is 2. The zero-order valence-electron chi connectivity index (χ0n) is 16.0. The smallest absolute Gasteiger partial charge is 0.223 e. The molecule has 1 aromatic heterocycles. The molecule has 0 saturated carbocycles. The highest BCUT2D eigenvalue weighted by atomic mass is 16.8. The van der Waals surface area contributed by atoms with Gasteiger partial charge in [0.05, 0.1) is 20.0 Å². The lowest BCUT2D eigenvalue weighted by atomic mass is 9.96. The van der Waals surface area contributed by atoms with Gasteiger partial charge in [-0.3, -0.25) is 4.79 Å². The number of carbonyl (C=O) groups is 1. The molecule has 9 nitrogen and oxygen atoms in total. The molecule has 4 rings (SSSR count). The molecule has 29 heavy (non-hydrogen) atoms. The number of aliphatic hydroxyl groups excluding tert-OH is 1. The van der Waals surface area contributed by atoms with E-state index in [2.05, 4.69) is 5.32 Å². The molecule has 6 atom stereocenters. The Morgan fingerprint density at radius 1 is 1.17 bits per heavy atom. The van der Waals surface area contributed by atoms with E-state index in [1.54, 1.807) is 36.4 Å². The van der Waals surface area contributed by atoms with Crippen LogP contribution in [0.3, 0.4) is 0 Å². The summed E-state index contributed by atoms with van der Waals surface area (Å²) in [4.78, 5) is 11.8. The maximum atomic E-state index is 11.8. The van der Waals surface area contributed by atoms with Crippen molar-refractivity contribution < 1.29 is 38.0 Å². The van der Waals surface area contributed by atoms with E-state index in [0.29, 0.717) is 17.3 Å². The molecule has 0 aliphatic carbocycles. The van der Waals surface area contributed by atoms with E-state index in [1.165, 1.54) is 20.3 Å². The monoisotopic (exact) mass is 405 g/mol. The highest BCUT2D eigenvalue weighted by molar-refractivity contribution is 5.73. The molecule has 156 valence electrons. The van der Waals surface area contributed by atoms with Crippen LogP contribution in [0.4, 0.5) is 0 Å². The highest BCUT2D eigenvalue weighted by Crippen LogP contribution is 2.36. The second kappa shape index (κ2) is 8.42. The van der Waals surface area contributed by atoms with Crippen LogP contribution < -0.4 is 14.8 Å². The van der Waals surface area contributed by atoms with E-state index in [-0.39, 0.29) is 12.5 Å². The van der Waals surface area contributed by atoms with Crippen LogP contribution in [0, 0.1) is 0 Å². The zero-order chi connectivity index (χ0) is 20.4. The molecule has 0 radical (unpaired) electrons. The second-order valence-corrected chi connectivity index (χ2v) is 6.81. The Bertz CT molecular complexity index is 826. The van der Waals surface area contributed by atoms with Crippen LogP contribution in [-0.4, -0.2) is 55.4 Å². The summed E-state index contributed by atoms with van der Waals surface area (Å²) in [5, 5.41) is 13.7. The van der Waals surface area contributed by atoms with Gasteiger partial charge < -0.3 is 38.5 Å². The number of hydrogen-bond acceptors (Lipinski definition) is 8. The minimum absolute atomic E-state index is 0.158. The van der Waals surface area contributed by atoms with Gasteiger partial charge in [0.1, 0.15) is 24.4 Å². The average molecular weight is 405 g/mol. The molecular weight excluding hydrogens is 382 g/mol. The van der Waals surface area contributed by atoms with Gasteiger partial charge in [0.15, 0.2) is 17.3 Å². The van der Waals surface area contributed by atoms with E-state index in [0.717, 1.165) is 0 Å². The van der Waals surface area contributed by atoms with Crippen molar-refractivity contribution >= 4 is 5.91 Å². The Hall–Kier alpha value is -2.59. The van der Waals surface area contributed by atoms with Gasteiger partial charge in [0.2, 0.25) is 18.5 Å². The van der Waals surface area contributed by atoms with Gasteiger partial charge >= 0.3 is 0 Å². The van der Waals surface area contributed by atoms with Crippen molar-refractivity contribution in [3.63, 3.8) is 0 Å². The molecule has 2 aliphatic rings. The number of carbonyl (C=O) groups excluding carboxylic acids is 1. The van der Waals surface area contributed by atoms with E-state index in [1.807, 2.05) is 0 Å². The number of hydrogen-bond donors (Lipinski definition) is 2. The van der Waals surface area contributed by atoms with Crippen LogP contribution in [0.2, 0.25) is 0 Å². The first-order chi connectivity index (χ1) is 14.1. The molecular formula is C20H23NO8. The molecule has 1 aromatic carbocycles. The van der Waals surface area contributed by atoms with Crippen LogP contribution in [-0.2, 0) is 19.0 Å². The molecule has 2 aliphatic heterocycles. The van der Waals surface area contributed by atoms with Crippen LogP contribution in [0.5, 0.6) is 11.5 Å². The van der Waals surface area contributed by atoms with Gasteiger partial charge in [-0.2, -0.15) is 0 Å². The lowest BCUT2D eigenvalue weighted by Gasteiger charge is -2.47. The fourth-order valence-corrected chi connectivity index (χ4v) is 3.49. The molecule has 2 N–H and O–H groups in total. The average Bonchev–Trinajstić information content (AvgIpc) is 3.26. The molecule has 3 heterocycles. The standard InChI is InChI=1S/C20H23NO8/c1-11(22)21-16-17(23)18-15(10-26-19(29-18)14-8-5-9-25-14)28-20(16)27-13-7-4-3-6-12(13)24-2/h3-9,15-20,23H,10H2,1-2H3,(H,21,22)/t15-,16+,17-,18+,19+,20-/m1/s1. The van der Waals surface area contributed by atoms with Crippen molar-refractivity contribution in [2.24, 2.45) is 0 Å². The van der Waals surface area contributed by atoms with E-state index in [4.69, 9.17) is 28.1 Å². The first-order valence-corrected chi connectivity index (χ1v) is 9.27. The minimum atomic E-state index is -1.10. The van der Waals surface area contributed by atoms with Crippen LogP contribution >= 0.6 is 0 Å². The van der Waals surface area contributed by atoms with E-state index in [9.17, 15) is 9.90 Å². The summed E-state index contributed by atoms with van der Waals surface area (Å²) in [5.74, 6) is 1.08. The third-order valence-corrected chi connectivity index (χ3v) is 4.82. The summed E-state index contributed by atoms with van der Waals surface area (Å²) in [6, 6.07) is 9.63. The van der Waals surface area contributed by atoms with Crippen molar-refractivity contribution in [3.8, 4) is 11.5 Å². The van der Waals surface area contributed by atoms with Gasteiger partial charge in [-0.25, -0.2) is 0 Å². The number of furan rings is 1. The maximum Gasteiger partial charge on any atom is 0.223 e. The van der Waals surface area contributed by atoms with Crippen molar-refractivity contribution in [3.05, 3.63) is 48.4 Å². The number of amides is 1. The summed E-state index contributed by atoms with van der Waals surface area (Å²) in [5.41, 5.74) is 0. The number of fused-ring (bicyclic) bond motifs is 1. The van der Waals surface area contributed by atoms with Crippen molar-refractivity contribution in [2.45, 2.75) is 43.9 Å². The molecule has 2 fully saturated rings. The predicted molar refractivity (Wildman–Crippen MR) is 98.2 cm³/mol. The fraction of sp³-hybridized carbons (Fsp3) is 0.450. The zero-order valence-corrected chi connectivity index (χ0v) is 16.0. The lowest BCUT2D eigenvalue weighted by Crippen LogP contribution is -2.67. The summed E-state index contributed by atoms with van der Waals surface area (Å²) in [7, 11) is 1.53. The van der Waals surface area contributed by atoms with Gasteiger partial charge in [0.25, 0.3) is 0 Å². The van der Waals surface area contributed by atoms with Crippen LogP contribution in [0.1, 0.15) is 19.0 Å². The maximum absolute atomic E-state index is 11.8. The third kappa shape index (κ3) is 4.08. The number of nitrogens with one attached hydrogen (secondary N) is 1. The minimum Gasteiger partial charge on any atom is -0.493 e. The molecule has 2 aromatic rings. The highest BCUT2D eigenvalue weighted by Gasteiger charge is 2.51. The normalized spacial score (nSPS) is 31.6. The molecule has 2 saturated heterocycles. The Labute approximate surface area is 167 Å². The molecule has 0 spiro atoms. The third-order valence-electron chi connectivity index (χ3n) is 4.82. The number of methoxy groups -OCH3 is 1.